The predicted molar refractivity (Wildman–Crippen MR) is 80.7 cm³/mol. The summed E-state index contributed by atoms with van der Waals surface area (Å²) in [5.41, 5.74) is 6.68. The normalized spacial score (nSPS) is 28.4. The molecule has 0 radical (unpaired) electrons. The van der Waals surface area contributed by atoms with Crippen molar-refractivity contribution >= 4 is 10.0 Å². The number of hydrogen-bond donors (Lipinski definition) is 2. The van der Waals surface area contributed by atoms with Crippen molar-refractivity contribution in [3.8, 4) is 5.75 Å². The number of rotatable bonds is 4. The lowest BCUT2D eigenvalue weighted by atomic mass is 10.1. The maximum atomic E-state index is 12.5. The highest BCUT2D eigenvalue weighted by Gasteiger charge is 2.31. The largest absolute Gasteiger partial charge is 0.490 e. The number of nitrogens with two attached hydrogens (primary N) is 1. The van der Waals surface area contributed by atoms with Gasteiger partial charge in [0, 0.05) is 12.5 Å². The highest BCUT2D eigenvalue weighted by molar-refractivity contribution is 7.89. The van der Waals surface area contributed by atoms with Crippen molar-refractivity contribution in [3.63, 3.8) is 0 Å². The minimum Gasteiger partial charge on any atom is -0.490 e. The van der Waals surface area contributed by atoms with Crippen LogP contribution in [0.1, 0.15) is 31.7 Å². The molecule has 0 saturated heterocycles. The van der Waals surface area contributed by atoms with Crippen LogP contribution in [0.3, 0.4) is 0 Å². The van der Waals surface area contributed by atoms with E-state index in [0.717, 1.165) is 37.0 Å². The van der Waals surface area contributed by atoms with Gasteiger partial charge in [-0.15, -0.1) is 0 Å². The first-order chi connectivity index (χ1) is 9.99. The summed E-state index contributed by atoms with van der Waals surface area (Å²) in [5.74, 6) is 1.04. The van der Waals surface area contributed by atoms with Crippen LogP contribution in [-0.2, 0) is 16.4 Å². The Morgan fingerprint density at radius 1 is 1.38 bits per heavy atom. The topological polar surface area (TPSA) is 81.4 Å². The summed E-state index contributed by atoms with van der Waals surface area (Å²) in [4.78, 5) is 0.321. The second-order valence-corrected chi connectivity index (χ2v) is 7.77. The van der Waals surface area contributed by atoms with Gasteiger partial charge in [-0.1, -0.05) is 6.42 Å². The Kier molecular flexibility index (Phi) is 3.94. The second-order valence-electron chi connectivity index (χ2n) is 6.06. The minimum absolute atomic E-state index is 0.0385. The first-order valence-corrected chi connectivity index (χ1v) is 9.00. The van der Waals surface area contributed by atoms with Gasteiger partial charge in [-0.25, -0.2) is 13.1 Å². The molecule has 0 aromatic heterocycles. The third-order valence-electron chi connectivity index (χ3n) is 4.45. The monoisotopic (exact) mass is 310 g/mol. The molecule has 3 atom stereocenters. The van der Waals surface area contributed by atoms with E-state index >= 15 is 0 Å². The molecular formula is C15H22N2O3S. The standard InChI is InChI=1S/C15H22N2O3S/c1-10-7-12-8-13(5-6-15(12)20-10)21(18,19)17-14-4-2-3-11(14)9-16/h5-6,8,10-11,14,17H,2-4,7,9,16H2,1H3. The maximum absolute atomic E-state index is 12.5. The number of nitrogens with one attached hydrogen (secondary N) is 1. The Balaban J connectivity index is 1.81. The van der Waals surface area contributed by atoms with Crippen molar-refractivity contribution in [1.82, 2.24) is 4.72 Å². The van der Waals surface area contributed by atoms with Crippen molar-refractivity contribution in [2.24, 2.45) is 11.7 Å². The van der Waals surface area contributed by atoms with E-state index < -0.39 is 10.0 Å². The summed E-state index contributed by atoms with van der Waals surface area (Å²) < 4.78 is 33.5. The molecule has 6 heteroatoms. The summed E-state index contributed by atoms with van der Waals surface area (Å²) in [7, 11) is -3.49. The Labute approximate surface area is 125 Å². The van der Waals surface area contributed by atoms with Crippen molar-refractivity contribution in [2.75, 3.05) is 6.54 Å². The Morgan fingerprint density at radius 3 is 2.95 bits per heavy atom. The van der Waals surface area contributed by atoms with Gasteiger partial charge in [0.15, 0.2) is 0 Å². The van der Waals surface area contributed by atoms with Crippen LogP contribution in [0.4, 0.5) is 0 Å². The van der Waals surface area contributed by atoms with Gasteiger partial charge < -0.3 is 10.5 Å². The molecule has 2 aliphatic rings. The van der Waals surface area contributed by atoms with Gasteiger partial charge in [-0.3, -0.25) is 0 Å². The van der Waals surface area contributed by atoms with Gasteiger partial charge in [-0.05, 0) is 56.0 Å². The number of hydrogen-bond acceptors (Lipinski definition) is 4. The molecule has 3 unspecified atom stereocenters. The van der Waals surface area contributed by atoms with Crippen LogP contribution >= 0.6 is 0 Å². The van der Waals surface area contributed by atoms with Crippen molar-refractivity contribution in [3.05, 3.63) is 23.8 Å². The second kappa shape index (κ2) is 5.59. The molecule has 1 saturated carbocycles. The molecule has 3 N–H and O–H groups in total. The van der Waals surface area contributed by atoms with Gasteiger partial charge >= 0.3 is 0 Å². The molecule has 21 heavy (non-hydrogen) atoms. The van der Waals surface area contributed by atoms with Gasteiger partial charge in [-0.2, -0.15) is 0 Å². The van der Waals surface area contributed by atoms with Crippen molar-refractivity contribution in [1.29, 1.82) is 0 Å². The molecule has 1 heterocycles. The average molecular weight is 310 g/mol. The van der Waals surface area contributed by atoms with E-state index in [1.165, 1.54) is 0 Å². The van der Waals surface area contributed by atoms with Gasteiger partial charge in [0.1, 0.15) is 11.9 Å². The zero-order valence-corrected chi connectivity index (χ0v) is 13.0. The van der Waals surface area contributed by atoms with Crippen LogP contribution in [0.2, 0.25) is 0 Å². The number of ether oxygens (including phenoxy) is 1. The molecule has 0 amide bonds. The first-order valence-electron chi connectivity index (χ1n) is 7.51. The number of benzene rings is 1. The fraction of sp³-hybridized carbons (Fsp3) is 0.600. The summed E-state index contributed by atoms with van der Waals surface area (Å²) in [6.45, 7) is 2.51. The van der Waals surface area contributed by atoms with E-state index in [-0.39, 0.29) is 18.1 Å². The lowest BCUT2D eigenvalue weighted by molar-refractivity contribution is 0.254. The summed E-state index contributed by atoms with van der Waals surface area (Å²) in [5, 5.41) is 0. The van der Waals surface area contributed by atoms with E-state index in [1.54, 1.807) is 18.2 Å². The smallest absolute Gasteiger partial charge is 0.240 e. The third-order valence-corrected chi connectivity index (χ3v) is 5.93. The Hall–Kier alpha value is -1.11. The minimum atomic E-state index is -3.49. The van der Waals surface area contributed by atoms with E-state index in [2.05, 4.69) is 4.72 Å². The van der Waals surface area contributed by atoms with Crippen LogP contribution in [0.15, 0.2) is 23.1 Å². The maximum Gasteiger partial charge on any atom is 0.240 e. The predicted octanol–water partition coefficient (Wildman–Crippen LogP) is 1.42. The molecule has 1 aliphatic carbocycles. The Bertz CT molecular complexity index is 630. The zero-order chi connectivity index (χ0) is 15.0. The molecule has 0 bridgehead atoms. The van der Waals surface area contributed by atoms with Gasteiger partial charge in [0.05, 0.1) is 4.90 Å². The Morgan fingerprint density at radius 2 is 2.19 bits per heavy atom. The highest BCUT2D eigenvalue weighted by atomic mass is 32.2. The zero-order valence-electron chi connectivity index (χ0n) is 12.2. The van der Waals surface area contributed by atoms with Crippen LogP contribution in [0, 0.1) is 5.92 Å². The molecule has 116 valence electrons. The number of fused-ring (bicyclic) bond motifs is 1. The quantitative estimate of drug-likeness (QED) is 0.881. The average Bonchev–Trinajstić information content (AvgIpc) is 3.01. The van der Waals surface area contributed by atoms with E-state index in [0.29, 0.717) is 11.4 Å². The third kappa shape index (κ3) is 2.93. The fourth-order valence-corrected chi connectivity index (χ4v) is 4.70. The summed E-state index contributed by atoms with van der Waals surface area (Å²) >= 11 is 0. The van der Waals surface area contributed by atoms with Crippen LogP contribution in [0.25, 0.3) is 0 Å². The lowest BCUT2D eigenvalue weighted by Gasteiger charge is -2.19. The molecule has 1 aromatic rings. The molecule has 5 nitrogen and oxygen atoms in total. The molecule has 1 fully saturated rings. The van der Waals surface area contributed by atoms with E-state index in [4.69, 9.17) is 10.5 Å². The van der Waals surface area contributed by atoms with Gasteiger partial charge in [0.2, 0.25) is 10.0 Å². The number of sulfonamides is 1. The molecule has 3 rings (SSSR count). The lowest BCUT2D eigenvalue weighted by Crippen LogP contribution is -2.39. The molecule has 1 aliphatic heterocycles. The van der Waals surface area contributed by atoms with E-state index in [1.807, 2.05) is 6.92 Å². The van der Waals surface area contributed by atoms with E-state index in [9.17, 15) is 8.42 Å². The molecule has 0 spiro atoms. The molecular weight excluding hydrogens is 288 g/mol. The fourth-order valence-electron chi connectivity index (χ4n) is 3.31. The molecule has 1 aromatic carbocycles. The van der Waals surface area contributed by atoms with Crippen LogP contribution < -0.4 is 15.2 Å². The van der Waals surface area contributed by atoms with Crippen molar-refractivity contribution in [2.45, 2.75) is 49.6 Å². The SMILES string of the molecule is CC1Cc2cc(S(=O)(=O)NC3CCCC3CN)ccc2O1. The van der Waals surface area contributed by atoms with Crippen LogP contribution in [-0.4, -0.2) is 27.1 Å². The highest BCUT2D eigenvalue weighted by Crippen LogP contribution is 2.31. The van der Waals surface area contributed by atoms with Crippen LogP contribution in [0.5, 0.6) is 5.75 Å². The summed E-state index contributed by atoms with van der Waals surface area (Å²) in [6.07, 6.45) is 3.77. The summed E-state index contributed by atoms with van der Waals surface area (Å²) in [6, 6.07) is 5.06. The first kappa shape index (κ1) is 14.8. The van der Waals surface area contributed by atoms with Crippen molar-refractivity contribution < 1.29 is 13.2 Å². The van der Waals surface area contributed by atoms with Gasteiger partial charge in [0.25, 0.3) is 0 Å².